The van der Waals surface area contributed by atoms with Crippen LogP contribution in [0.3, 0.4) is 0 Å². The molecular weight excluding hydrogens is 410 g/mol. The molecule has 0 aliphatic carbocycles. The molecule has 3 aromatic heterocycles. The van der Waals surface area contributed by atoms with Crippen LogP contribution in [-0.4, -0.2) is 80.4 Å². The van der Waals surface area contributed by atoms with Crippen molar-refractivity contribution < 1.29 is 4.79 Å². The van der Waals surface area contributed by atoms with Crippen LogP contribution < -0.4 is 20.9 Å². The number of fused-ring (bicyclic) bond motifs is 1. The van der Waals surface area contributed by atoms with Gasteiger partial charge in [-0.15, -0.1) is 0 Å². The van der Waals surface area contributed by atoms with Gasteiger partial charge in [0, 0.05) is 46.8 Å². The number of carbonyl (C=O) groups excluding carboxylic acids is 1. The molecule has 170 valence electrons. The molecule has 4 heterocycles. The molecule has 1 aliphatic heterocycles. The summed E-state index contributed by atoms with van der Waals surface area (Å²) in [5.41, 5.74) is 8.85. The zero-order chi connectivity index (χ0) is 23.2. The van der Waals surface area contributed by atoms with Crippen molar-refractivity contribution in [2.24, 2.45) is 7.05 Å². The first kappa shape index (κ1) is 21.5. The molecule has 0 saturated carbocycles. The highest BCUT2D eigenvalue weighted by molar-refractivity contribution is 5.92. The fourth-order valence-electron chi connectivity index (χ4n) is 3.99. The molecule has 32 heavy (non-hydrogen) atoms. The number of nitrogen functional groups attached to an aromatic ring is 1. The average Bonchev–Trinajstić information content (AvgIpc) is 3.02. The molecule has 0 spiro atoms. The molecule has 3 N–H and O–H groups in total. The van der Waals surface area contributed by atoms with Crippen molar-refractivity contribution in [2.45, 2.75) is 26.8 Å². The highest BCUT2D eigenvalue weighted by Crippen LogP contribution is 2.30. The molecule has 0 bridgehead atoms. The summed E-state index contributed by atoms with van der Waals surface area (Å²) in [6, 6.07) is -0.147. The molecular formula is C20H29N11O. The number of urea groups is 1. The van der Waals surface area contributed by atoms with E-state index in [-0.39, 0.29) is 18.0 Å². The highest BCUT2D eigenvalue weighted by Gasteiger charge is 2.30. The Morgan fingerprint density at radius 2 is 1.94 bits per heavy atom. The molecule has 3 aromatic rings. The van der Waals surface area contributed by atoms with Crippen molar-refractivity contribution in [3.05, 3.63) is 17.6 Å². The number of piperazine rings is 1. The minimum Gasteiger partial charge on any atom is -0.368 e. The number of nitrogens with one attached hydrogen (secondary N) is 1. The summed E-state index contributed by atoms with van der Waals surface area (Å²) in [7, 11) is 5.59. The molecule has 12 nitrogen and oxygen atoms in total. The second kappa shape index (κ2) is 8.09. The van der Waals surface area contributed by atoms with E-state index in [1.165, 1.54) is 0 Å². The van der Waals surface area contributed by atoms with Crippen LogP contribution in [0.5, 0.6) is 0 Å². The molecule has 0 radical (unpaired) electrons. The predicted molar refractivity (Wildman–Crippen MR) is 124 cm³/mol. The zero-order valence-corrected chi connectivity index (χ0v) is 19.3. The van der Waals surface area contributed by atoms with Crippen molar-refractivity contribution in [3.63, 3.8) is 0 Å². The van der Waals surface area contributed by atoms with Gasteiger partial charge in [0.25, 0.3) is 0 Å². The fraction of sp³-hybridized carbons (Fsp3) is 0.500. The topological polar surface area (TPSA) is 134 Å². The number of hydrogen-bond acceptors (Lipinski definition) is 9. The maximum absolute atomic E-state index is 12.9. The van der Waals surface area contributed by atoms with Gasteiger partial charge in [-0.1, -0.05) is 0 Å². The van der Waals surface area contributed by atoms with E-state index in [9.17, 15) is 4.79 Å². The zero-order valence-electron chi connectivity index (χ0n) is 19.3. The summed E-state index contributed by atoms with van der Waals surface area (Å²) in [5.74, 6) is 1.57. The fourth-order valence-corrected chi connectivity index (χ4v) is 3.99. The number of anilines is 4. The Morgan fingerprint density at radius 1 is 1.19 bits per heavy atom. The van der Waals surface area contributed by atoms with Gasteiger partial charge in [0.1, 0.15) is 5.82 Å². The third-order valence-corrected chi connectivity index (χ3v) is 5.65. The smallest absolute Gasteiger partial charge is 0.322 e. The molecule has 4 rings (SSSR count). The van der Waals surface area contributed by atoms with E-state index in [1.54, 1.807) is 15.8 Å². The molecule has 1 saturated heterocycles. The Balaban J connectivity index is 1.51. The summed E-state index contributed by atoms with van der Waals surface area (Å²) in [5, 5.41) is 8.30. The number of nitrogens with zero attached hydrogens (tertiary/aromatic N) is 9. The molecule has 0 aromatic carbocycles. The lowest BCUT2D eigenvalue weighted by Gasteiger charge is -2.40. The number of aryl methyl sites for hydroxylation is 3. The molecule has 1 fully saturated rings. The first-order valence-electron chi connectivity index (χ1n) is 10.5. The Labute approximate surface area is 186 Å². The third-order valence-electron chi connectivity index (χ3n) is 5.65. The van der Waals surface area contributed by atoms with Gasteiger partial charge in [-0.25, -0.2) is 19.4 Å². The first-order valence-corrected chi connectivity index (χ1v) is 10.5. The lowest BCUT2D eigenvalue weighted by molar-refractivity contribution is 0.200. The molecule has 1 aliphatic rings. The second-order valence-corrected chi connectivity index (χ2v) is 8.30. The van der Waals surface area contributed by atoms with Crippen LogP contribution in [0.2, 0.25) is 0 Å². The van der Waals surface area contributed by atoms with Crippen molar-refractivity contribution >= 4 is 40.5 Å². The van der Waals surface area contributed by atoms with Crippen LogP contribution in [0, 0.1) is 13.8 Å². The maximum atomic E-state index is 12.9. The number of carbonyl (C=O) groups is 1. The minimum absolute atomic E-state index is 0.0278. The van der Waals surface area contributed by atoms with Gasteiger partial charge >= 0.3 is 6.03 Å². The Morgan fingerprint density at radius 3 is 2.59 bits per heavy atom. The maximum Gasteiger partial charge on any atom is 0.322 e. The van der Waals surface area contributed by atoms with Gasteiger partial charge in [-0.3, -0.25) is 0 Å². The van der Waals surface area contributed by atoms with E-state index >= 15 is 0 Å². The minimum atomic E-state index is -0.175. The SMILES string of the molecule is Cc1nc(N(C)C)ncc1NC(=O)N1CCN(c2nc(N)nc3c2c(C)nn3C)[C@@H](C)C1. The van der Waals surface area contributed by atoms with Crippen LogP contribution in [0.1, 0.15) is 18.3 Å². The summed E-state index contributed by atoms with van der Waals surface area (Å²) in [4.78, 5) is 36.3. The molecule has 1 atom stereocenters. The summed E-state index contributed by atoms with van der Waals surface area (Å²) in [6.07, 6.45) is 1.64. The third kappa shape index (κ3) is 3.83. The van der Waals surface area contributed by atoms with E-state index in [1.807, 2.05) is 39.9 Å². The van der Waals surface area contributed by atoms with Gasteiger partial charge in [0.2, 0.25) is 11.9 Å². The predicted octanol–water partition coefficient (Wildman–Crippen LogP) is 1.16. The van der Waals surface area contributed by atoms with Crippen LogP contribution in [0.4, 0.5) is 28.2 Å². The van der Waals surface area contributed by atoms with Crippen LogP contribution in [-0.2, 0) is 7.05 Å². The number of hydrogen-bond donors (Lipinski definition) is 2. The molecule has 12 heteroatoms. The van der Waals surface area contributed by atoms with E-state index in [2.05, 4.69) is 42.2 Å². The molecule has 2 amide bonds. The normalized spacial score (nSPS) is 16.5. The lowest BCUT2D eigenvalue weighted by atomic mass is 10.1. The Bertz CT molecular complexity index is 1170. The Kier molecular flexibility index (Phi) is 5.45. The Hall–Kier alpha value is -3.70. The van der Waals surface area contributed by atoms with Crippen LogP contribution in [0.15, 0.2) is 6.20 Å². The standard InChI is InChI=1S/C20H29N11O/c1-11-10-30(20(32)24-14-9-22-19(28(4)5)23-12(14)2)7-8-31(11)17-15-13(3)27-29(6)16(15)25-18(21)26-17/h9,11H,7-8,10H2,1-6H3,(H,24,32)(H2,21,25,26)/t11-/m0/s1. The van der Waals surface area contributed by atoms with Gasteiger partial charge < -0.3 is 25.8 Å². The highest BCUT2D eigenvalue weighted by atomic mass is 16.2. The van der Waals surface area contributed by atoms with Crippen molar-refractivity contribution in [3.8, 4) is 0 Å². The quantitative estimate of drug-likeness (QED) is 0.616. The van der Waals surface area contributed by atoms with Gasteiger partial charge in [-0.05, 0) is 20.8 Å². The summed E-state index contributed by atoms with van der Waals surface area (Å²) < 4.78 is 1.71. The van der Waals surface area contributed by atoms with Crippen molar-refractivity contribution in [1.82, 2.24) is 34.6 Å². The monoisotopic (exact) mass is 439 g/mol. The molecule has 0 unspecified atom stereocenters. The lowest BCUT2D eigenvalue weighted by Crippen LogP contribution is -2.55. The number of amides is 2. The van der Waals surface area contributed by atoms with E-state index in [4.69, 9.17) is 5.73 Å². The van der Waals surface area contributed by atoms with Crippen molar-refractivity contribution in [1.29, 1.82) is 0 Å². The number of rotatable bonds is 3. The summed E-state index contributed by atoms with van der Waals surface area (Å²) in [6.45, 7) is 7.54. The number of nitrogens with two attached hydrogens (primary N) is 1. The van der Waals surface area contributed by atoms with E-state index < -0.39 is 0 Å². The van der Waals surface area contributed by atoms with Gasteiger partial charge in [0.15, 0.2) is 5.65 Å². The average molecular weight is 440 g/mol. The van der Waals surface area contributed by atoms with Crippen LogP contribution >= 0.6 is 0 Å². The first-order chi connectivity index (χ1) is 15.2. The van der Waals surface area contributed by atoms with Crippen molar-refractivity contribution in [2.75, 3.05) is 54.6 Å². The van der Waals surface area contributed by atoms with E-state index in [0.29, 0.717) is 36.9 Å². The van der Waals surface area contributed by atoms with Gasteiger partial charge in [0.05, 0.1) is 28.7 Å². The van der Waals surface area contributed by atoms with Crippen LogP contribution in [0.25, 0.3) is 11.0 Å². The van der Waals surface area contributed by atoms with E-state index in [0.717, 1.165) is 22.6 Å². The summed E-state index contributed by atoms with van der Waals surface area (Å²) >= 11 is 0. The number of aromatic nitrogens is 6. The van der Waals surface area contributed by atoms with Gasteiger partial charge in [-0.2, -0.15) is 15.1 Å². The second-order valence-electron chi connectivity index (χ2n) is 8.30. The largest absolute Gasteiger partial charge is 0.368 e.